The number of nitro benzene ring substituents is 1. The summed E-state index contributed by atoms with van der Waals surface area (Å²) in [5, 5.41) is 10.8. The molecule has 0 spiro atoms. The van der Waals surface area contributed by atoms with Crippen LogP contribution in [0.25, 0.3) is 0 Å². The lowest BCUT2D eigenvalue weighted by atomic mass is 10.2. The van der Waals surface area contributed by atoms with Crippen LogP contribution in [-0.2, 0) is 9.53 Å². The van der Waals surface area contributed by atoms with E-state index in [1.807, 2.05) is 13.8 Å². The predicted molar refractivity (Wildman–Crippen MR) is 119 cm³/mol. The van der Waals surface area contributed by atoms with E-state index < -0.39 is 10.9 Å². The molecule has 170 valence electrons. The van der Waals surface area contributed by atoms with E-state index in [1.165, 1.54) is 12.1 Å². The average molecular weight is 441 g/mol. The van der Waals surface area contributed by atoms with E-state index in [0.29, 0.717) is 50.0 Å². The zero-order valence-electron chi connectivity index (χ0n) is 18.2. The number of ether oxygens (including phenoxy) is 2. The van der Waals surface area contributed by atoms with Crippen LogP contribution in [-0.4, -0.2) is 61.1 Å². The summed E-state index contributed by atoms with van der Waals surface area (Å²) in [5.74, 6) is 0.123. The molecule has 2 aromatic carbocycles. The van der Waals surface area contributed by atoms with E-state index in [1.54, 1.807) is 41.3 Å². The Morgan fingerprint density at radius 3 is 2.38 bits per heavy atom. The normalized spacial score (nSPS) is 13.7. The summed E-state index contributed by atoms with van der Waals surface area (Å²) >= 11 is 0. The highest BCUT2D eigenvalue weighted by molar-refractivity contribution is 5.91. The van der Waals surface area contributed by atoms with Crippen molar-refractivity contribution in [1.82, 2.24) is 4.90 Å². The van der Waals surface area contributed by atoms with Crippen molar-refractivity contribution < 1.29 is 24.0 Å². The Hall–Kier alpha value is -3.62. The Balaban J connectivity index is 1.46. The number of rotatable bonds is 8. The number of non-ortho nitro benzene ring substituents is 1. The van der Waals surface area contributed by atoms with Crippen molar-refractivity contribution in [1.29, 1.82) is 0 Å². The Bertz CT molecular complexity index is 952. The number of nitro groups is 1. The third kappa shape index (κ3) is 6.19. The molecule has 0 bridgehead atoms. The largest absolute Gasteiger partial charge is 0.493 e. The molecule has 0 saturated carbocycles. The maximum Gasteiger partial charge on any atom is 0.338 e. The molecular formula is C23H27N3O6. The number of esters is 1. The van der Waals surface area contributed by atoms with E-state index in [2.05, 4.69) is 4.90 Å². The third-order valence-corrected chi connectivity index (χ3v) is 5.04. The zero-order valence-corrected chi connectivity index (χ0v) is 18.2. The highest BCUT2D eigenvalue weighted by Crippen LogP contribution is 2.21. The third-order valence-electron chi connectivity index (χ3n) is 5.04. The van der Waals surface area contributed by atoms with E-state index >= 15 is 0 Å². The summed E-state index contributed by atoms with van der Waals surface area (Å²) in [7, 11) is 0. The molecule has 0 unspecified atom stereocenters. The molecule has 1 amide bonds. The van der Waals surface area contributed by atoms with Gasteiger partial charge in [0.25, 0.3) is 11.6 Å². The molecule has 1 aliphatic rings. The Kier molecular flexibility index (Phi) is 7.64. The molecule has 0 aliphatic carbocycles. The molecule has 9 heteroatoms. The standard InChI is InChI=1S/C23H27N3O6/c1-17(2)15-31-21-5-3-4-18(14-21)23(28)32-16-22(27)25-12-10-24(11-13-25)19-6-8-20(9-7-19)26(29)30/h3-9,14,17H,10-13,15-16H2,1-2H3. The van der Waals surface area contributed by atoms with Crippen LogP contribution >= 0.6 is 0 Å². The lowest BCUT2D eigenvalue weighted by Gasteiger charge is -2.36. The van der Waals surface area contributed by atoms with E-state index in [4.69, 9.17) is 9.47 Å². The van der Waals surface area contributed by atoms with Gasteiger partial charge in [-0.15, -0.1) is 0 Å². The van der Waals surface area contributed by atoms with Gasteiger partial charge in [0, 0.05) is 44.0 Å². The second-order valence-electron chi connectivity index (χ2n) is 7.95. The molecule has 2 aromatic rings. The van der Waals surface area contributed by atoms with Crippen molar-refractivity contribution in [2.24, 2.45) is 5.92 Å². The second-order valence-corrected chi connectivity index (χ2v) is 7.95. The molecule has 1 aliphatic heterocycles. The van der Waals surface area contributed by atoms with Crippen LogP contribution in [0.3, 0.4) is 0 Å². The van der Waals surface area contributed by atoms with Crippen molar-refractivity contribution in [3.63, 3.8) is 0 Å². The van der Waals surface area contributed by atoms with Crippen molar-refractivity contribution in [3.05, 3.63) is 64.2 Å². The van der Waals surface area contributed by atoms with E-state index in [0.717, 1.165) is 5.69 Å². The first-order valence-electron chi connectivity index (χ1n) is 10.5. The van der Waals surface area contributed by atoms with Gasteiger partial charge in [-0.2, -0.15) is 0 Å². The fourth-order valence-electron chi connectivity index (χ4n) is 3.28. The number of nitrogens with zero attached hydrogens (tertiary/aromatic N) is 3. The SMILES string of the molecule is CC(C)COc1cccc(C(=O)OCC(=O)N2CCN(c3ccc([N+](=O)[O-])cc3)CC2)c1. The molecule has 0 aromatic heterocycles. The number of piperazine rings is 1. The molecule has 32 heavy (non-hydrogen) atoms. The number of benzene rings is 2. The van der Waals surface area contributed by atoms with Gasteiger partial charge < -0.3 is 19.3 Å². The number of amides is 1. The Morgan fingerprint density at radius 1 is 1.06 bits per heavy atom. The van der Waals surface area contributed by atoms with Crippen LogP contribution in [0.15, 0.2) is 48.5 Å². The van der Waals surface area contributed by atoms with Gasteiger partial charge in [0.2, 0.25) is 0 Å². The number of hydrogen-bond acceptors (Lipinski definition) is 7. The van der Waals surface area contributed by atoms with Crippen LogP contribution in [0.4, 0.5) is 11.4 Å². The molecule has 1 fully saturated rings. The lowest BCUT2D eigenvalue weighted by Crippen LogP contribution is -2.49. The molecule has 0 radical (unpaired) electrons. The second kappa shape index (κ2) is 10.6. The fraction of sp³-hybridized carbons (Fsp3) is 0.391. The summed E-state index contributed by atoms with van der Waals surface area (Å²) in [6, 6.07) is 13.1. The first kappa shape index (κ1) is 23.1. The summed E-state index contributed by atoms with van der Waals surface area (Å²) in [6.07, 6.45) is 0. The zero-order chi connectivity index (χ0) is 23.1. The molecule has 1 heterocycles. The van der Waals surface area contributed by atoms with Gasteiger partial charge in [0.15, 0.2) is 6.61 Å². The first-order chi connectivity index (χ1) is 15.3. The van der Waals surface area contributed by atoms with Crippen LogP contribution in [0.5, 0.6) is 5.75 Å². The minimum absolute atomic E-state index is 0.0430. The molecule has 9 nitrogen and oxygen atoms in total. The van der Waals surface area contributed by atoms with Gasteiger partial charge in [0.1, 0.15) is 5.75 Å². The van der Waals surface area contributed by atoms with Crippen LogP contribution in [0.1, 0.15) is 24.2 Å². The van der Waals surface area contributed by atoms with Crippen LogP contribution in [0.2, 0.25) is 0 Å². The fourth-order valence-corrected chi connectivity index (χ4v) is 3.28. The van der Waals surface area contributed by atoms with Gasteiger partial charge in [-0.1, -0.05) is 19.9 Å². The van der Waals surface area contributed by atoms with Crippen molar-refractivity contribution >= 4 is 23.3 Å². The van der Waals surface area contributed by atoms with Crippen molar-refractivity contribution in [2.45, 2.75) is 13.8 Å². The van der Waals surface area contributed by atoms with Gasteiger partial charge in [-0.25, -0.2) is 4.79 Å². The molecule has 1 saturated heterocycles. The molecular weight excluding hydrogens is 414 g/mol. The average Bonchev–Trinajstić information content (AvgIpc) is 2.81. The Labute approximate surface area is 186 Å². The highest BCUT2D eigenvalue weighted by atomic mass is 16.6. The summed E-state index contributed by atoms with van der Waals surface area (Å²) in [6.45, 7) is 6.43. The molecule has 3 rings (SSSR count). The Morgan fingerprint density at radius 2 is 1.75 bits per heavy atom. The van der Waals surface area contributed by atoms with Gasteiger partial charge in [-0.05, 0) is 36.2 Å². The maximum absolute atomic E-state index is 12.5. The molecule has 0 atom stereocenters. The topological polar surface area (TPSA) is 102 Å². The molecule has 0 N–H and O–H groups in total. The van der Waals surface area contributed by atoms with E-state index in [-0.39, 0.29) is 18.2 Å². The minimum atomic E-state index is -0.571. The quantitative estimate of drug-likeness (QED) is 0.352. The highest BCUT2D eigenvalue weighted by Gasteiger charge is 2.23. The number of carbonyl (C=O) groups is 2. The van der Waals surface area contributed by atoms with Gasteiger partial charge >= 0.3 is 5.97 Å². The lowest BCUT2D eigenvalue weighted by molar-refractivity contribution is -0.384. The number of carbonyl (C=O) groups excluding carboxylic acids is 2. The van der Waals surface area contributed by atoms with Crippen LogP contribution in [0, 0.1) is 16.0 Å². The summed E-state index contributed by atoms with van der Waals surface area (Å²) < 4.78 is 10.8. The minimum Gasteiger partial charge on any atom is -0.493 e. The van der Waals surface area contributed by atoms with E-state index in [9.17, 15) is 19.7 Å². The predicted octanol–water partition coefficient (Wildman–Crippen LogP) is 3.14. The van der Waals surface area contributed by atoms with Crippen molar-refractivity contribution in [3.8, 4) is 5.75 Å². The number of anilines is 1. The monoisotopic (exact) mass is 441 g/mol. The van der Waals surface area contributed by atoms with Crippen LogP contribution < -0.4 is 9.64 Å². The van der Waals surface area contributed by atoms with Crippen molar-refractivity contribution in [2.75, 3.05) is 44.3 Å². The maximum atomic E-state index is 12.5. The van der Waals surface area contributed by atoms with Gasteiger partial charge in [-0.3, -0.25) is 14.9 Å². The number of hydrogen-bond donors (Lipinski definition) is 0. The summed E-state index contributed by atoms with van der Waals surface area (Å²) in [4.78, 5) is 38.9. The summed E-state index contributed by atoms with van der Waals surface area (Å²) in [5.41, 5.74) is 1.25. The van der Waals surface area contributed by atoms with Gasteiger partial charge in [0.05, 0.1) is 17.1 Å². The first-order valence-corrected chi connectivity index (χ1v) is 10.5. The smallest absolute Gasteiger partial charge is 0.338 e.